The zero-order valence-electron chi connectivity index (χ0n) is 11.0. The summed E-state index contributed by atoms with van der Waals surface area (Å²) in [6, 6.07) is 12.0. The van der Waals surface area contributed by atoms with Crippen LogP contribution in [0.4, 0.5) is 4.39 Å². The molecule has 0 spiro atoms. The van der Waals surface area contributed by atoms with Crippen LogP contribution in [-0.4, -0.2) is 5.78 Å². The Bertz CT molecular complexity index is 611. The molecule has 0 bridgehead atoms. The smallest absolute Gasteiger partial charge is 0.169 e. The third-order valence-electron chi connectivity index (χ3n) is 2.86. The maximum absolute atomic E-state index is 13.9. The van der Waals surface area contributed by atoms with Crippen LogP contribution in [0.2, 0.25) is 5.02 Å². The lowest BCUT2D eigenvalue weighted by Gasteiger charge is -2.12. The van der Waals surface area contributed by atoms with Crippen molar-refractivity contribution in [1.29, 1.82) is 0 Å². The maximum atomic E-state index is 13.9. The van der Waals surface area contributed by atoms with Crippen LogP contribution >= 0.6 is 11.6 Å². The van der Waals surface area contributed by atoms with Gasteiger partial charge in [-0.15, -0.1) is 0 Å². The Kier molecular flexibility index (Phi) is 4.74. The van der Waals surface area contributed by atoms with E-state index in [1.54, 1.807) is 6.92 Å². The van der Waals surface area contributed by atoms with Gasteiger partial charge in [0.2, 0.25) is 0 Å². The van der Waals surface area contributed by atoms with Crippen LogP contribution in [-0.2, 0) is 6.61 Å². The van der Waals surface area contributed by atoms with Gasteiger partial charge in [0.25, 0.3) is 0 Å². The van der Waals surface area contributed by atoms with E-state index in [1.165, 1.54) is 6.07 Å². The molecule has 0 unspecified atom stereocenters. The number of rotatable bonds is 5. The predicted molar refractivity (Wildman–Crippen MR) is 76.8 cm³/mol. The van der Waals surface area contributed by atoms with Gasteiger partial charge >= 0.3 is 0 Å². The Balaban J connectivity index is 2.28. The van der Waals surface area contributed by atoms with Crippen LogP contribution < -0.4 is 4.74 Å². The van der Waals surface area contributed by atoms with Crippen molar-refractivity contribution in [1.82, 2.24) is 0 Å². The minimum absolute atomic E-state index is 0.0344. The van der Waals surface area contributed by atoms with E-state index in [2.05, 4.69) is 0 Å². The summed E-state index contributed by atoms with van der Waals surface area (Å²) in [5, 5.41) is 0.207. The second kappa shape index (κ2) is 6.53. The van der Waals surface area contributed by atoms with E-state index < -0.39 is 5.82 Å². The number of hydrogen-bond acceptors (Lipinski definition) is 2. The topological polar surface area (TPSA) is 26.3 Å². The lowest BCUT2D eigenvalue weighted by molar-refractivity contribution is 0.0979. The van der Waals surface area contributed by atoms with Crippen molar-refractivity contribution in [2.24, 2.45) is 0 Å². The fourth-order valence-electron chi connectivity index (χ4n) is 1.85. The highest BCUT2D eigenvalue weighted by molar-refractivity contribution is 6.30. The van der Waals surface area contributed by atoms with E-state index >= 15 is 0 Å². The lowest BCUT2D eigenvalue weighted by atomic mass is 10.1. The molecule has 0 amide bonds. The highest BCUT2D eigenvalue weighted by atomic mass is 35.5. The Hall–Kier alpha value is -1.87. The fraction of sp³-hybridized carbons (Fsp3) is 0.188. The van der Waals surface area contributed by atoms with E-state index in [0.717, 1.165) is 11.6 Å². The summed E-state index contributed by atoms with van der Waals surface area (Å²) in [7, 11) is 0. The van der Waals surface area contributed by atoms with Crippen LogP contribution in [0.1, 0.15) is 29.3 Å². The van der Waals surface area contributed by atoms with Crippen LogP contribution in [0.3, 0.4) is 0 Å². The molecule has 0 saturated heterocycles. The van der Waals surface area contributed by atoms with Gasteiger partial charge in [-0.1, -0.05) is 48.9 Å². The van der Waals surface area contributed by atoms with Gasteiger partial charge in [-0.05, 0) is 17.7 Å². The Labute approximate surface area is 122 Å². The second-order valence-electron chi connectivity index (χ2n) is 4.31. The predicted octanol–water partition coefficient (Wildman–Crippen LogP) is 4.65. The molecule has 0 aliphatic heterocycles. The maximum Gasteiger partial charge on any atom is 0.169 e. The van der Waals surface area contributed by atoms with Crippen molar-refractivity contribution in [3.63, 3.8) is 0 Å². The summed E-state index contributed by atoms with van der Waals surface area (Å²) in [6.45, 7) is 1.93. The highest BCUT2D eigenvalue weighted by Gasteiger charge is 2.18. The van der Waals surface area contributed by atoms with E-state index in [-0.39, 0.29) is 35.1 Å². The van der Waals surface area contributed by atoms with E-state index in [1.807, 2.05) is 30.3 Å². The van der Waals surface area contributed by atoms with Crippen molar-refractivity contribution in [3.8, 4) is 5.75 Å². The van der Waals surface area contributed by atoms with Gasteiger partial charge in [0.1, 0.15) is 18.2 Å². The molecule has 20 heavy (non-hydrogen) atoms. The van der Waals surface area contributed by atoms with Crippen molar-refractivity contribution in [2.75, 3.05) is 0 Å². The van der Waals surface area contributed by atoms with Crippen molar-refractivity contribution < 1.29 is 13.9 Å². The van der Waals surface area contributed by atoms with Crippen molar-refractivity contribution in [2.45, 2.75) is 20.0 Å². The molecule has 2 aromatic rings. The van der Waals surface area contributed by atoms with Crippen LogP contribution in [0, 0.1) is 5.82 Å². The van der Waals surface area contributed by atoms with E-state index in [4.69, 9.17) is 16.3 Å². The first-order chi connectivity index (χ1) is 9.61. The highest BCUT2D eigenvalue weighted by Crippen LogP contribution is 2.28. The number of ether oxygens (including phenoxy) is 1. The summed E-state index contributed by atoms with van der Waals surface area (Å²) in [6.07, 6.45) is 0.209. The molecule has 0 heterocycles. The Morgan fingerprint density at radius 1 is 1.25 bits per heavy atom. The molecule has 0 aromatic heterocycles. The second-order valence-corrected chi connectivity index (χ2v) is 4.75. The standard InChI is InChI=1S/C16H14ClFO2/c1-2-14(19)16-13(18)8-12(17)9-15(16)20-10-11-6-4-3-5-7-11/h3-9H,2,10H2,1H3. The molecule has 0 aliphatic rings. The minimum Gasteiger partial charge on any atom is -0.488 e. The van der Waals surface area contributed by atoms with Gasteiger partial charge in [-0.2, -0.15) is 0 Å². The summed E-state index contributed by atoms with van der Waals surface area (Å²) in [5.74, 6) is -0.764. The number of carbonyl (C=O) groups excluding carboxylic acids is 1. The number of Topliss-reactive ketones (excluding diaryl/α,β-unsaturated/α-hetero) is 1. The lowest BCUT2D eigenvalue weighted by Crippen LogP contribution is -2.06. The van der Waals surface area contributed by atoms with Gasteiger partial charge in [0.15, 0.2) is 5.78 Å². The first-order valence-corrected chi connectivity index (χ1v) is 6.68. The average Bonchev–Trinajstić information content (AvgIpc) is 2.45. The van der Waals surface area contributed by atoms with E-state index in [9.17, 15) is 9.18 Å². The normalized spacial score (nSPS) is 10.3. The van der Waals surface area contributed by atoms with Gasteiger partial charge in [0, 0.05) is 11.4 Å². The number of hydrogen-bond donors (Lipinski definition) is 0. The van der Waals surface area contributed by atoms with Crippen LogP contribution in [0.5, 0.6) is 5.75 Å². The molecule has 2 rings (SSSR count). The fourth-order valence-corrected chi connectivity index (χ4v) is 2.04. The molecule has 0 aliphatic carbocycles. The molecular weight excluding hydrogens is 279 g/mol. The molecule has 0 atom stereocenters. The zero-order valence-corrected chi connectivity index (χ0v) is 11.8. The molecule has 0 fully saturated rings. The molecule has 2 nitrogen and oxygen atoms in total. The minimum atomic E-state index is -0.646. The van der Waals surface area contributed by atoms with Crippen LogP contribution in [0.15, 0.2) is 42.5 Å². The molecular formula is C16H14ClFO2. The quantitative estimate of drug-likeness (QED) is 0.750. The first kappa shape index (κ1) is 14.5. The summed E-state index contributed by atoms with van der Waals surface area (Å²) >= 11 is 5.82. The molecule has 0 N–H and O–H groups in total. The summed E-state index contributed by atoms with van der Waals surface area (Å²) < 4.78 is 19.5. The van der Waals surface area contributed by atoms with Crippen LogP contribution in [0.25, 0.3) is 0 Å². The van der Waals surface area contributed by atoms with Gasteiger partial charge in [-0.25, -0.2) is 4.39 Å². The third-order valence-corrected chi connectivity index (χ3v) is 3.07. The van der Waals surface area contributed by atoms with E-state index in [0.29, 0.717) is 0 Å². The van der Waals surface area contributed by atoms with Crippen molar-refractivity contribution in [3.05, 3.63) is 64.4 Å². The first-order valence-electron chi connectivity index (χ1n) is 6.30. The molecule has 4 heteroatoms. The van der Waals surface area contributed by atoms with Gasteiger partial charge < -0.3 is 4.74 Å². The Morgan fingerprint density at radius 3 is 2.60 bits per heavy atom. The average molecular weight is 293 g/mol. The summed E-state index contributed by atoms with van der Waals surface area (Å²) in [5.41, 5.74) is 0.899. The molecule has 2 aromatic carbocycles. The van der Waals surface area contributed by atoms with Gasteiger partial charge in [-0.3, -0.25) is 4.79 Å². The molecule has 104 valence electrons. The zero-order chi connectivity index (χ0) is 14.5. The largest absolute Gasteiger partial charge is 0.488 e. The Morgan fingerprint density at radius 2 is 1.95 bits per heavy atom. The monoisotopic (exact) mass is 292 g/mol. The van der Waals surface area contributed by atoms with Gasteiger partial charge in [0.05, 0.1) is 5.56 Å². The molecule has 0 radical (unpaired) electrons. The number of benzene rings is 2. The number of ketones is 1. The number of carbonyl (C=O) groups is 1. The summed E-state index contributed by atoms with van der Waals surface area (Å²) in [4.78, 5) is 11.8. The number of halogens is 2. The SMILES string of the molecule is CCC(=O)c1c(F)cc(Cl)cc1OCc1ccccc1. The molecule has 0 saturated carbocycles. The third kappa shape index (κ3) is 3.36. The van der Waals surface area contributed by atoms with Crippen molar-refractivity contribution >= 4 is 17.4 Å².